The number of benzene rings is 2. The van der Waals surface area contributed by atoms with Gasteiger partial charge in [-0.05, 0) is 18.2 Å². The molecule has 2 atom stereocenters. The predicted molar refractivity (Wildman–Crippen MR) is 95.2 cm³/mol. The smallest absolute Gasteiger partial charge is 0.292 e. The quantitative estimate of drug-likeness (QED) is 0.603. The van der Waals surface area contributed by atoms with Crippen molar-refractivity contribution in [1.29, 1.82) is 0 Å². The van der Waals surface area contributed by atoms with E-state index in [0.717, 1.165) is 0 Å². The molecule has 0 saturated heterocycles. The lowest BCUT2D eigenvalue weighted by atomic mass is 10.1. The topological polar surface area (TPSA) is 127 Å². The average molecular weight is 354 g/mol. The van der Waals surface area contributed by atoms with E-state index >= 15 is 0 Å². The number of hydrogen-bond donors (Lipinski definition) is 2. The normalized spacial score (nSPS) is 18.5. The number of ketones is 1. The molecule has 2 unspecified atom stereocenters. The number of nitrogens with zero attached hydrogens (tertiary/aromatic N) is 2. The molecule has 26 heavy (non-hydrogen) atoms. The van der Waals surface area contributed by atoms with Crippen molar-refractivity contribution in [3.63, 3.8) is 0 Å². The van der Waals surface area contributed by atoms with Crippen molar-refractivity contribution in [3.05, 3.63) is 80.9 Å². The SMILES string of the molecule is O=C1C=CC(Nc2ccccc2[N+](=O)[O-])C1Nc1ccccc1[N+](=O)[O-]. The van der Waals surface area contributed by atoms with E-state index in [4.69, 9.17) is 0 Å². The summed E-state index contributed by atoms with van der Waals surface area (Å²) >= 11 is 0. The fourth-order valence-corrected chi connectivity index (χ4v) is 2.74. The molecular formula is C17H14N4O5. The van der Waals surface area contributed by atoms with E-state index in [1.807, 2.05) is 0 Å². The first-order valence-corrected chi connectivity index (χ1v) is 7.69. The van der Waals surface area contributed by atoms with Crippen molar-refractivity contribution in [3.8, 4) is 0 Å². The summed E-state index contributed by atoms with van der Waals surface area (Å²) in [6.45, 7) is 0. The van der Waals surface area contributed by atoms with E-state index in [0.29, 0.717) is 0 Å². The van der Waals surface area contributed by atoms with Gasteiger partial charge in [-0.3, -0.25) is 25.0 Å². The van der Waals surface area contributed by atoms with Crippen LogP contribution in [0.15, 0.2) is 60.7 Å². The summed E-state index contributed by atoms with van der Waals surface area (Å²) in [5.41, 5.74) is 0.187. The van der Waals surface area contributed by atoms with Crippen molar-refractivity contribution in [1.82, 2.24) is 0 Å². The van der Waals surface area contributed by atoms with Crippen molar-refractivity contribution < 1.29 is 14.6 Å². The highest BCUT2D eigenvalue weighted by Crippen LogP contribution is 2.29. The lowest BCUT2D eigenvalue weighted by Gasteiger charge is -2.22. The molecule has 0 radical (unpaired) electrons. The third kappa shape index (κ3) is 3.36. The third-order valence-electron chi connectivity index (χ3n) is 3.97. The number of nitrogens with one attached hydrogen (secondary N) is 2. The van der Waals surface area contributed by atoms with Crippen LogP contribution in [0, 0.1) is 20.2 Å². The molecule has 2 aromatic carbocycles. The minimum absolute atomic E-state index is 0.121. The number of nitro groups is 2. The molecule has 0 aliphatic heterocycles. The second-order valence-corrected chi connectivity index (χ2v) is 5.60. The Bertz CT molecular complexity index is 912. The van der Waals surface area contributed by atoms with Crippen molar-refractivity contribution in [2.45, 2.75) is 12.1 Å². The van der Waals surface area contributed by atoms with Gasteiger partial charge in [0.25, 0.3) is 11.4 Å². The molecule has 132 valence electrons. The van der Waals surface area contributed by atoms with Crippen molar-refractivity contribution in [2.24, 2.45) is 0 Å². The van der Waals surface area contributed by atoms with Gasteiger partial charge in [-0.2, -0.15) is 0 Å². The highest BCUT2D eigenvalue weighted by molar-refractivity contribution is 6.00. The van der Waals surface area contributed by atoms with Gasteiger partial charge in [0.15, 0.2) is 5.78 Å². The first-order valence-electron chi connectivity index (χ1n) is 7.69. The molecule has 1 aliphatic rings. The zero-order valence-corrected chi connectivity index (χ0v) is 13.4. The van der Waals surface area contributed by atoms with Crippen LogP contribution in [-0.4, -0.2) is 27.7 Å². The van der Waals surface area contributed by atoms with Crippen LogP contribution in [0.3, 0.4) is 0 Å². The van der Waals surface area contributed by atoms with Crippen LogP contribution < -0.4 is 10.6 Å². The predicted octanol–water partition coefficient (Wildman–Crippen LogP) is 2.90. The van der Waals surface area contributed by atoms with E-state index in [9.17, 15) is 25.0 Å². The fraction of sp³-hybridized carbons (Fsp3) is 0.118. The summed E-state index contributed by atoms with van der Waals surface area (Å²) in [6, 6.07) is 10.6. The van der Waals surface area contributed by atoms with Crippen LogP contribution in [0.5, 0.6) is 0 Å². The first-order chi connectivity index (χ1) is 12.5. The molecule has 9 nitrogen and oxygen atoms in total. The average Bonchev–Trinajstić information content (AvgIpc) is 2.95. The Morgan fingerprint density at radius 3 is 1.85 bits per heavy atom. The van der Waals surface area contributed by atoms with Gasteiger partial charge < -0.3 is 10.6 Å². The van der Waals surface area contributed by atoms with Crippen LogP contribution in [0.4, 0.5) is 22.7 Å². The lowest BCUT2D eigenvalue weighted by Crippen LogP contribution is -2.39. The van der Waals surface area contributed by atoms with Gasteiger partial charge in [-0.1, -0.05) is 30.3 Å². The van der Waals surface area contributed by atoms with Crippen molar-refractivity contribution in [2.75, 3.05) is 10.6 Å². The molecule has 0 spiro atoms. The fourth-order valence-electron chi connectivity index (χ4n) is 2.74. The van der Waals surface area contributed by atoms with Crippen molar-refractivity contribution >= 4 is 28.5 Å². The zero-order valence-electron chi connectivity index (χ0n) is 13.4. The van der Waals surface area contributed by atoms with Crippen LogP contribution in [-0.2, 0) is 4.79 Å². The summed E-state index contributed by atoms with van der Waals surface area (Å²) in [4.78, 5) is 33.4. The van der Waals surface area contributed by atoms with Gasteiger partial charge in [-0.15, -0.1) is 0 Å². The summed E-state index contributed by atoms with van der Waals surface area (Å²) in [6.07, 6.45) is 2.92. The summed E-state index contributed by atoms with van der Waals surface area (Å²) in [5.74, 6) is -0.278. The number of hydrogen-bond acceptors (Lipinski definition) is 7. The van der Waals surface area contributed by atoms with Crippen LogP contribution in [0.2, 0.25) is 0 Å². The maximum absolute atomic E-state index is 12.2. The van der Waals surface area contributed by atoms with Crippen LogP contribution in [0.1, 0.15) is 0 Å². The molecule has 1 aliphatic carbocycles. The van der Waals surface area contributed by atoms with Gasteiger partial charge >= 0.3 is 0 Å². The minimum Gasteiger partial charge on any atom is -0.371 e. The molecule has 0 aromatic heterocycles. The van der Waals surface area contributed by atoms with Gasteiger partial charge in [-0.25, -0.2) is 0 Å². The van der Waals surface area contributed by atoms with Gasteiger partial charge in [0.1, 0.15) is 17.4 Å². The van der Waals surface area contributed by atoms with E-state index in [1.165, 1.54) is 36.4 Å². The largest absolute Gasteiger partial charge is 0.371 e. The number of rotatable bonds is 6. The molecule has 0 saturated carbocycles. The van der Waals surface area contributed by atoms with Crippen LogP contribution >= 0.6 is 0 Å². The second kappa shape index (κ2) is 7.01. The van der Waals surface area contributed by atoms with E-state index in [-0.39, 0.29) is 28.5 Å². The Balaban J connectivity index is 1.86. The number of para-hydroxylation sites is 4. The van der Waals surface area contributed by atoms with Gasteiger partial charge in [0.2, 0.25) is 0 Å². The van der Waals surface area contributed by atoms with E-state index in [1.54, 1.807) is 24.3 Å². The highest BCUT2D eigenvalue weighted by atomic mass is 16.6. The van der Waals surface area contributed by atoms with Gasteiger partial charge in [0, 0.05) is 12.1 Å². The molecule has 0 bridgehead atoms. The molecular weight excluding hydrogens is 340 g/mol. The Hall–Kier alpha value is -3.75. The Kier molecular flexibility index (Phi) is 4.61. The number of carbonyl (C=O) groups excluding carboxylic acids is 1. The lowest BCUT2D eigenvalue weighted by molar-refractivity contribution is -0.384. The number of anilines is 2. The maximum atomic E-state index is 12.2. The molecule has 0 fully saturated rings. The zero-order chi connectivity index (χ0) is 18.7. The maximum Gasteiger partial charge on any atom is 0.292 e. The Labute approximate surface area is 147 Å². The summed E-state index contributed by atoms with van der Waals surface area (Å²) < 4.78 is 0. The molecule has 2 N–H and O–H groups in total. The molecule has 3 rings (SSSR count). The standard InChI is InChI=1S/C17H14N4O5/c22-16-10-9-13(18-11-5-1-3-7-14(11)20(23)24)17(16)19-12-6-2-4-8-15(12)21(25)26/h1-10,13,17-19H. The molecule has 2 aromatic rings. The molecule has 0 amide bonds. The highest BCUT2D eigenvalue weighted by Gasteiger charge is 2.32. The summed E-state index contributed by atoms with van der Waals surface area (Å²) in [5, 5.41) is 28.1. The van der Waals surface area contributed by atoms with Gasteiger partial charge in [0.05, 0.1) is 15.9 Å². The molecule has 0 heterocycles. The van der Waals surface area contributed by atoms with E-state index in [2.05, 4.69) is 10.6 Å². The first kappa shape index (κ1) is 17.1. The third-order valence-corrected chi connectivity index (χ3v) is 3.97. The monoisotopic (exact) mass is 354 g/mol. The second-order valence-electron chi connectivity index (χ2n) is 5.60. The van der Waals surface area contributed by atoms with E-state index < -0.39 is 21.9 Å². The Morgan fingerprint density at radius 1 is 0.808 bits per heavy atom. The molecule has 9 heteroatoms. The number of nitro benzene ring substituents is 2. The van der Waals surface area contributed by atoms with Crippen LogP contribution in [0.25, 0.3) is 0 Å². The Morgan fingerprint density at radius 2 is 1.31 bits per heavy atom. The minimum atomic E-state index is -0.823. The number of carbonyl (C=O) groups is 1. The summed E-state index contributed by atoms with van der Waals surface area (Å²) in [7, 11) is 0.